The number of hydrogen-bond acceptors (Lipinski definition) is 6. The van der Waals surface area contributed by atoms with Crippen LogP contribution < -0.4 is 15.5 Å². The summed E-state index contributed by atoms with van der Waals surface area (Å²) < 4.78 is 0. The topological polar surface area (TPSA) is 93.9 Å². The predicted octanol–water partition coefficient (Wildman–Crippen LogP) is 1.47. The van der Waals surface area contributed by atoms with Gasteiger partial charge in [0.2, 0.25) is 5.91 Å². The third kappa shape index (κ3) is 4.21. The normalized spacial score (nSPS) is 19.5. The number of halogens is 1. The van der Waals surface area contributed by atoms with Crippen LogP contribution in [0.25, 0.3) is 11.0 Å². The van der Waals surface area contributed by atoms with Gasteiger partial charge in [-0.25, -0.2) is 0 Å². The van der Waals surface area contributed by atoms with E-state index in [0.29, 0.717) is 23.5 Å². The van der Waals surface area contributed by atoms with Crippen LogP contribution in [0.2, 0.25) is 0 Å². The lowest BCUT2D eigenvalue weighted by molar-refractivity contribution is -0.120. The van der Waals surface area contributed by atoms with E-state index >= 15 is 0 Å². The lowest BCUT2D eigenvalue weighted by atomic mass is 9.95. The Morgan fingerprint density at radius 3 is 2.73 bits per heavy atom. The monoisotopic (exact) mass is 374 g/mol. The Morgan fingerprint density at radius 1 is 1.31 bits per heavy atom. The number of carbonyl (C=O) groups excluding carboxylic acids is 1. The average Bonchev–Trinajstić information content (AvgIpc) is 2.60. The number of carbonyl (C=O) groups is 1. The van der Waals surface area contributed by atoms with E-state index in [-0.39, 0.29) is 24.4 Å². The Morgan fingerprint density at radius 2 is 2.04 bits per heavy atom. The van der Waals surface area contributed by atoms with Gasteiger partial charge in [0.1, 0.15) is 17.1 Å². The van der Waals surface area contributed by atoms with Crippen molar-refractivity contribution >= 4 is 35.0 Å². The van der Waals surface area contributed by atoms with Crippen molar-refractivity contribution in [3.05, 3.63) is 30.1 Å². The summed E-state index contributed by atoms with van der Waals surface area (Å²) in [6, 6.07) is 5.99. The second-order valence-corrected chi connectivity index (χ2v) is 6.54. The van der Waals surface area contributed by atoms with Gasteiger partial charge in [-0.2, -0.15) is 5.26 Å². The maximum Gasteiger partial charge on any atom is 0.234 e. The van der Waals surface area contributed by atoms with Crippen molar-refractivity contribution in [1.29, 1.82) is 5.26 Å². The number of anilines is 1. The van der Waals surface area contributed by atoms with Crippen LogP contribution in [-0.2, 0) is 4.79 Å². The maximum absolute atomic E-state index is 11.9. The highest BCUT2D eigenvalue weighted by molar-refractivity contribution is 5.92. The molecule has 1 aromatic heterocycles. The van der Waals surface area contributed by atoms with Gasteiger partial charge in [-0.1, -0.05) is 6.92 Å². The van der Waals surface area contributed by atoms with Crippen molar-refractivity contribution in [2.75, 3.05) is 31.6 Å². The van der Waals surface area contributed by atoms with Crippen LogP contribution in [0, 0.1) is 17.2 Å². The van der Waals surface area contributed by atoms with Gasteiger partial charge in [-0.05, 0) is 31.5 Å². The summed E-state index contributed by atoms with van der Waals surface area (Å²) >= 11 is 0. The van der Waals surface area contributed by atoms with Crippen LogP contribution in [0.15, 0.2) is 24.5 Å². The van der Waals surface area contributed by atoms with Crippen molar-refractivity contribution in [2.24, 2.45) is 5.92 Å². The van der Waals surface area contributed by atoms with E-state index in [4.69, 9.17) is 0 Å². The molecule has 1 aromatic carbocycles. The molecule has 1 saturated heterocycles. The van der Waals surface area contributed by atoms with E-state index in [1.807, 2.05) is 6.07 Å². The number of hydrogen-bond donors (Lipinski definition) is 2. The SMILES string of the molecule is CNCC(=O)N[C@@H]1C[C@H](C)CN(c2ccc(C#N)c3nccnc23)C1.Cl. The standard InChI is InChI=1S/C18H22N6O.ClH/c1-12-7-14(23-16(25)9-20-2)11-24(10-12)15-4-3-13(8-19)17-18(15)22-6-5-21-17;/h3-6,12,14,20H,7,9-11H2,1-2H3,(H,23,25);1H/t12-,14+;/m0./s1. The molecule has 8 heteroatoms. The molecule has 1 fully saturated rings. The largest absolute Gasteiger partial charge is 0.367 e. The van der Waals surface area contributed by atoms with Gasteiger partial charge >= 0.3 is 0 Å². The number of nitriles is 1. The highest BCUT2D eigenvalue weighted by Gasteiger charge is 2.27. The van der Waals surface area contributed by atoms with E-state index in [0.717, 1.165) is 30.7 Å². The highest BCUT2D eigenvalue weighted by atomic mass is 35.5. The molecular formula is C18H23ClN6O. The fraction of sp³-hybridized carbons (Fsp3) is 0.444. The van der Waals surface area contributed by atoms with E-state index in [2.05, 4.69) is 38.5 Å². The Hall–Kier alpha value is -2.43. The first kappa shape index (κ1) is 19.9. The quantitative estimate of drug-likeness (QED) is 0.841. The van der Waals surface area contributed by atoms with Crippen LogP contribution in [0.5, 0.6) is 0 Å². The zero-order valence-electron chi connectivity index (χ0n) is 14.9. The molecule has 2 aromatic rings. The number of likely N-dealkylation sites (N-methyl/N-ethyl adjacent to an activating group) is 1. The Kier molecular flexibility index (Phi) is 6.72. The van der Waals surface area contributed by atoms with Crippen LogP contribution >= 0.6 is 12.4 Å². The minimum absolute atomic E-state index is 0. The second kappa shape index (κ2) is 8.79. The number of fused-ring (bicyclic) bond motifs is 1. The molecule has 1 amide bonds. The van der Waals surface area contributed by atoms with Crippen molar-refractivity contribution in [3.63, 3.8) is 0 Å². The summed E-state index contributed by atoms with van der Waals surface area (Å²) in [6.45, 7) is 4.10. The Labute approximate surface area is 159 Å². The van der Waals surface area contributed by atoms with E-state index < -0.39 is 0 Å². The maximum atomic E-state index is 11.9. The molecule has 0 spiro atoms. The zero-order valence-corrected chi connectivity index (χ0v) is 15.7. The van der Waals surface area contributed by atoms with Gasteiger partial charge in [-0.3, -0.25) is 14.8 Å². The van der Waals surface area contributed by atoms with Gasteiger partial charge in [0, 0.05) is 31.5 Å². The third-order valence-electron chi connectivity index (χ3n) is 4.43. The summed E-state index contributed by atoms with van der Waals surface area (Å²) in [5.41, 5.74) is 2.84. The van der Waals surface area contributed by atoms with Crippen molar-refractivity contribution in [3.8, 4) is 6.07 Å². The highest BCUT2D eigenvalue weighted by Crippen LogP contribution is 2.29. The molecule has 7 nitrogen and oxygen atoms in total. The molecule has 0 aliphatic carbocycles. The Bertz CT molecular complexity index is 821. The lowest BCUT2D eigenvalue weighted by Crippen LogP contribution is -2.51. The van der Waals surface area contributed by atoms with Crippen LogP contribution in [0.1, 0.15) is 18.9 Å². The molecule has 1 aliphatic rings. The minimum atomic E-state index is 0. The molecule has 2 atom stereocenters. The summed E-state index contributed by atoms with van der Waals surface area (Å²) in [5, 5.41) is 15.2. The number of aromatic nitrogens is 2. The van der Waals surface area contributed by atoms with E-state index in [1.165, 1.54) is 0 Å². The molecule has 0 radical (unpaired) electrons. The number of rotatable bonds is 4. The van der Waals surface area contributed by atoms with Gasteiger partial charge in [0.15, 0.2) is 0 Å². The minimum Gasteiger partial charge on any atom is -0.367 e. The summed E-state index contributed by atoms with van der Waals surface area (Å²) in [4.78, 5) is 22.9. The molecule has 1 aliphatic heterocycles. The molecular weight excluding hydrogens is 352 g/mol. The van der Waals surface area contributed by atoms with Crippen molar-refractivity contribution in [1.82, 2.24) is 20.6 Å². The number of amides is 1. The number of benzene rings is 1. The lowest BCUT2D eigenvalue weighted by Gasteiger charge is -2.38. The van der Waals surface area contributed by atoms with E-state index in [1.54, 1.807) is 25.5 Å². The van der Waals surface area contributed by atoms with Crippen LogP contribution in [0.4, 0.5) is 5.69 Å². The molecule has 2 heterocycles. The molecule has 0 saturated carbocycles. The first-order valence-electron chi connectivity index (χ1n) is 8.45. The van der Waals surface area contributed by atoms with Gasteiger partial charge in [-0.15, -0.1) is 12.4 Å². The van der Waals surface area contributed by atoms with Crippen molar-refractivity contribution < 1.29 is 4.79 Å². The first-order chi connectivity index (χ1) is 12.1. The van der Waals surface area contributed by atoms with Gasteiger partial charge in [0.25, 0.3) is 0 Å². The Balaban J connectivity index is 0.00000243. The van der Waals surface area contributed by atoms with Gasteiger partial charge < -0.3 is 15.5 Å². The van der Waals surface area contributed by atoms with E-state index in [9.17, 15) is 10.1 Å². The smallest absolute Gasteiger partial charge is 0.234 e. The molecule has 2 N–H and O–H groups in total. The summed E-state index contributed by atoms with van der Waals surface area (Å²) in [6.07, 6.45) is 4.20. The molecule has 3 rings (SSSR count). The fourth-order valence-corrected chi connectivity index (χ4v) is 3.48. The third-order valence-corrected chi connectivity index (χ3v) is 4.43. The zero-order chi connectivity index (χ0) is 17.8. The fourth-order valence-electron chi connectivity index (χ4n) is 3.48. The van der Waals surface area contributed by atoms with Crippen LogP contribution in [0.3, 0.4) is 0 Å². The van der Waals surface area contributed by atoms with Crippen LogP contribution in [-0.4, -0.2) is 48.6 Å². The molecule has 138 valence electrons. The molecule has 0 bridgehead atoms. The second-order valence-electron chi connectivity index (χ2n) is 6.54. The summed E-state index contributed by atoms with van der Waals surface area (Å²) in [7, 11) is 1.76. The van der Waals surface area contributed by atoms with Gasteiger partial charge in [0.05, 0.1) is 17.8 Å². The summed E-state index contributed by atoms with van der Waals surface area (Å²) in [5.74, 6) is 0.446. The predicted molar refractivity (Wildman–Crippen MR) is 103 cm³/mol. The first-order valence-corrected chi connectivity index (χ1v) is 8.45. The molecule has 0 unspecified atom stereocenters. The number of nitrogens with one attached hydrogen (secondary N) is 2. The number of piperidine rings is 1. The molecule has 26 heavy (non-hydrogen) atoms. The average molecular weight is 375 g/mol. The number of nitrogens with zero attached hydrogens (tertiary/aromatic N) is 4. The van der Waals surface area contributed by atoms with Crippen molar-refractivity contribution in [2.45, 2.75) is 19.4 Å².